The fourth-order valence-electron chi connectivity index (χ4n) is 3.56. The van der Waals surface area contributed by atoms with Crippen molar-refractivity contribution < 1.29 is 14.6 Å². The van der Waals surface area contributed by atoms with E-state index in [1.807, 2.05) is 12.1 Å². The summed E-state index contributed by atoms with van der Waals surface area (Å²) in [4.78, 5) is 13.0. The predicted molar refractivity (Wildman–Crippen MR) is 119 cm³/mol. The molecule has 0 amide bonds. The van der Waals surface area contributed by atoms with Gasteiger partial charge in [-0.1, -0.05) is 18.2 Å². The van der Waals surface area contributed by atoms with Crippen LogP contribution >= 0.6 is 0 Å². The van der Waals surface area contributed by atoms with Crippen molar-refractivity contribution in [2.45, 2.75) is 26.5 Å². The van der Waals surface area contributed by atoms with Crippen molar-refractivity contribution >= 4 is 5.52 Å². The van der Waals surface area contributed by atoms with E-state index >= 15 is 0 Å². The van der Waals surface area contributed by atoms with Crippen LogP contribution in [0.4, 0.5) is 0 Å². The van der Waals surface area contributed by atoms with Gasteiger partial charge in [0.25, 0.3) is 5.56 Å². The fraction of sp³-hybridized carbons (Fsp3) is 0.250. The summed E-state index contributed by atoms with van der Waals surface area (Å²) in [7, 11) is 3.10. The second-order valence-electron chi connectivity index (χ2n) is 7.54. The minimum Gasteiger partial charge on any atom is -0.493 e. The number of hydrogen-bond acceptors (Lipinski definition) is 5. The molecule has 0 fully saturated rings. The molecule has 1 N–H and O–H groups in total. The molecule has 7 nitrogen and oxygen atoms in total. The number of aryl methyl sites for hydroxylation is 2. The molecule has 0 spiro atoms. The van der Waals surface area contributed by atoms with Gasteiger partial charge in [0, 0.05) is 18.0 Å². The van der Waals surface area contributed by atoms with Gasteiger partial charge in [-0.2, -0.15) is 5.10 Å². The van der Waals surface area contributed by atoms with Gasteiger partial charge in [0.2, 0.25) is 0 Å². The predicted octanol–water partition coefficient (Wildman–Crippen LogP) is 3.53. The summed E-state index contributed by atoms with van der Waals surface area (Å²) in [5, 5.41) is 15.3. The number of aromatic nitrogens is 3. The molecule has 0 saturated heterocycles. The van der Waals surface area contributed by atoms with Gasteiger partial charge in [0.05, 0.1) is 32.6 Å². The Bertz CT molecular complexity index is 1310. The number of aliphatic hydroxyl groups excluding tert-OH is 1. The van der Waals surface area contributed by atoms with Crippen LogP contribution in [0.5, 0.6) is 11.5 Å². The molecular weight excluding hydrogens is 394 g/mol. The highest BCUT2D eigenvalue weighted by Gasteiger charge is 2.15. The van der Waals surface area contributed by atoms with Gasteiger partial charge in [0.1, 0.15) is 5.52 Å². The molecule has 7 heteroatoms. The maximum atomic E-state index is 13.0. The van der Waals surface area contributed by atoms with Crippen LogP contribution in [-0.4, -0.2) is 33.5 Å². The maximum absolute atomic E-state index is 13.0. The third-order valence-corrected chi connectivity index (χ3v) is 5.57. The number of benzene rings is 2. The summed E-state index contributed by atoms with van der Waals surface area (Å²) in [6, 6.07) is 13.1. The smallest absolute Gasteiger partial charge is 0.276 e. The highest BCUT2D eigenvalue weighted by atomic mass is 16.5. The third kappa shape index (κ3) is 3.92. The largest absolute Gasteiger partial charge is 0.493 e. The van der Waals surface area contributed by atoms with Gasteiger partial charge in [0.15, 0.2) is 11.5 Å². The first-order chi connectivity index (χ1) is 14.9. The molecule has 1 atom stereocenters. The van der Waals surface area contributed by atoms with Crippen LogP contribution in [0, 0.1) is 13.8 Å². The van der Waals surface area contributed by atoms with Crippen LogP contribution in [0.2, 0.25) is 0 Å². The van der Waals surface area contributed by atoms with Crippen LogP contribution in [0.3, 0.4) is 0 Å². The molecule has 0 saturated carbocycles. The average molecular weight is 419 g/mol. The lowest BCUT2D eigenvalue weighted by Crippen LogP contribution is -2.24. The zero-order chi connectivity index (χ0) is 22.1. The molecule has 2 aromatic carbocycles. The Morgan fingerprint density at radius 2 is 1.74 bits per heavy atom. The van der Waals surface area contributed by atoms with Crippen molar-refractivity contribution in [3.8, 4) is 22.8 Å². The summed E-state index contributed by atoms with van der Waals surface area (Å²) in [6.07, 6.45) is 2.47. The highest BCUT2D eigenvalue weighted by Crippen LogP contribution is 2.30. The van der Waals surface area contributed by atoms with Crippen molar-refractivity contribution in [2.75, 3.05) is 14.2 Å². The number of methoxy groups -OCH3 is 2. The average Bonchev–Trinajstić information content (AvgIpc) is 3.22. The van der Waals surface area contributed by atoms with Crippen LogP contribution in [-0.2, 0) is 6.54 Å². The van der Waals surface area contributed by atoms with Gasteiger partial charge in [-0.15, -0.1) is 0 Å². The molecule has 0 unspecified atom stereocenters. The van der Waals surface area contributed by atoms with E-state index in [1.54, 1.807) is 55.4 Å². The summed E-state index contributed by atoms with van der Waals surface area (Å²) in [6.45, 7) is 4.22. The van der Waals surface area contributed by atoms with Crippen molar-refractivity contribution in [1.82, 2.24) is 14.2 Å². The van der Waals surface area contributed by atoms with Gasteiger partial charge in [-0.25, -0.2) is 4.52 Å². The monoisotopic (exact) mass is 419 g/mol. The van der Waals surface area contributed by atoms with Gasteiger partial charge in [-0.3, -0.25) is 4.79 Å². The zero-order valence-electron chi connectivity index (χ0n) is 18.0. The lowest BCUT2D eigenvalue weighted by Gasteiger charge is -2.15. The van der Waals surface area contributed by atoms with E-state index in [0.717, 1.165) is 11.3 Å². The molecule has 4 rings (SSSR count). The van der Waals surface area contributed by atoms with E-state index in [1.165, 1.54) is 15.7 Å². The van der Waals surface area contributed by atoms with Crippen molar-refractivity contribution in [2.24, 2.45) is 0 Å². The van der Waals surface area contributed by atoms with Crippen molar-refractivity contribution in [3.63, 3.8) is 0 Å². The molecule has 0 aliphatic rings. The van der Waals surface area contributed by atoms with Gasteiger partial charge in [-0.05, 0) is 54.8 Å². The van der Waals surface area contributed by atoms with Gasteiger partial charge >= 0.3 is 0 Å². The molecule has 0 radical (unpaired) electrons. The Balaban J connectivity index is 1.65. The Morgan fingerprint density at radius 1 is 0.968 bits per heavy atom. The second kappa shape index (κ2) is 8.28. The van der Waals surface area contributed by atoms with Gasteiger partial charge < -0.3 is 19.1 Å². The minimum atomic E-state index is -0.887. The van der Waals surface area contributed by atoms with E-state index in [0.29, 0.717) is 22.6 Å². The number of aliphatic hydroxyl groups is 1. The molecule has 2 aromatic heterocycles. The summed E-state index contributed by atoms with van der Waals surface area (Å²) in [5.41, 5.74) is 4.94. The fourth-order valence-corrected chi connectivity index (χ4v) is 3.56. The normalized spacial score (nSPS) is 12.2. The van der Waals surface area contributed by atoms with Crippen LogP contribution in [0.15, 0.2) is 59.7 Å². The lowest BCUT2D eigenvalue weighted by molar-refractivity contribution is 0.154. The first-order valence-corrected chi connectivity index (χ1v) is 9.97. The van der Waals surface area contributed by atoms with Crippen molar-refractivity contribution in [3.05, 3.63) is 81.9 Å². The van der Waals surface area contributed by atoms with E-state index in [-0.39, 0.29) is 12.1 Å². The van der Waals surface area contributed by atoms with E-state index in [4.69, 9.17) is 9.47 Å². The molecule has 0 aliphatic heterocycles. The number of rotatable bonds is 6. The minimum absolute atomic E-state index is 0.106. The summed E-state index contributed by atoms with van der Waals surface area (Å²) in [5.74, 6) is 1.10. The topological polar surface area (TPSA) is 78.0 Å². The SMILES string of the molecule is COc1ccc([C@@H](O)Cn2ccn3nc(-c4ccc(C)c(C)c4)cc3c2=O)cc1OC. The Morgan fingerprint density at radius 3 is 2.45 bits per heavy atom. The number of hydrogen-bond donors (Lipinski definition) is 1. The molecule has 160 valence electrons. The Labute approximate surface area is 180 Å². The quantitative estimate of drug-likeness (QED) is 0.517. The number of ether oxygens (including phenoxy) is 2. The first kappa shape index (κ1) is 20.7. The van der Waals surface area contributed by atoms with Crippen molar-refractivity contribution in [1.29, 1.82) is 0 Å². The molecule has 0 aliphatic carbocycles. The second-order valence-corrected chi connectivity index (χ2v) is 7.54. The highest BCUT2D eigenvalue weighted by molar-refractivity contribution is 5.66. The molecule has 31 heavy (non-hydrogen) atoms. The number of fused-ring (bicyclic) bond motifs is 1. The molecule has 0 bridgehead atoms. The van der Waals surface area contributed by atoms with Crippen LogP contribution < -0.4 is 15.0 Å². The molecule has 4 aromatic rings. The Kier molecular flexibility index (Phi) is 5.52. The van der Waals surface area contributed by atoms with Crippen LogP contribution in [0.1, 0.15) is 22.8 Å². The third-order valence-electron chi connectivity index (χ3n) is 5.57. The first-order valence-electron chi connectivity index (χ1n) is 9.97. The van der Waals surface area contributed by atoms with E-state index < -0.39 is 6.10 Å². The number of nitrogens with zero attached hydrogens (tertiary/aromatic N) is 3. The Hall–Kier alpha value is -3.58. The standard InChI is InChI=1S/C24H25N3O4/c1-15-5-6-17(11-16(15)2)19-13-20-24(29)26(9-10-27(20)25-19)14-21(28)18-7-8-22(30-3)23(12-18)31-4/h5-13,21,28H,14H2,1-4H3/t21-/m0/s1. The summed E-state index contributed by atoms with van der Waals surface area (Å²) < 4.78 is 13.6. The molecular formula is C24H25N3O4. The molecule has 2 heterocycles. The van der Waals surface area contributed by atoms with E-state index in [9.17, 15) is 9.90 Å². The maximum Gasteiger partial charge on any atom is 0.276 e. The summed E-state index contributed by atoms with van der Waals surface area (Å²) >= 11 is 0. The van der Waals surface area contributed by atoms with Crippen LogP contribution in [0.25, 0.3) is 16.8 Å². The van der Waals surface area contributed by atoms with E-state index in [2.05, 4.69) is 25.0 Å². The zero-order valence-corrected chi connectivity index (χ0v) is 18.0. The lowest BCUT2D eigenvalue weighted by atomic mass is 10.0.